The normalized spacial score (nSPS) is 10.4. The smallest absolute Gasteiger partial charge is 0.302 e. The Morgan fingerprint density at radius 2 is 1.94 bits per heavy atom. The van der Waals surface area contributed by atoms with Crippen LogP contribution in [0.25, 0.3) is 0 Å². The molecule has 0 unspecified atom stereocenters. The maximum absolute atomic E-state index is 11.4. The van der Waals surface area contributed by atoms with Gasteiger partial charge in [-0.05, 0) is 25.5 Å². The summed E-state index contributed by atoms with van der Waals surface area (Å²) in [7, 11) is 0. The molecule has 1 aromatic heterocycles. The fraction of sp³-hybridized carbons (Fsp3) is 0.231. The third-order valence-corrected chi connectivity index (χ3v) is 2.62. The number of nitrogen functional groups attached to an aromatic ring is 1. The molecule has 2 N–H and O–H groups in total. The SMILES string of the molecule is Cc1ccc(Oc2cc(N)[n+]([O-])c(C)n2)c(C)c1. The minimum atomic E-state index is 0.0715. The van der Waals surface area contributed by atoms with E-state index in [-0.39, 0.29) is 11.6 Å². The van der Waals surface area contributed by atoms with Crippen LogP contribution in [0.5, 0.6) is 11.6 Å². The molecule has 1 heterocycles. The Hall–Kier alpha value is -2.30. The Morgan fingerprint density at radius 3 is 2.56 bits per heavy atom. The van der Waals surface area contributed by atoms with Crippen molar-refractivity contribution in [2.45, 2.75) is 20.8 Å². The molecule has 0 spiro atoms. The van der Waals surface area contributed by atoms with Gasteiger partial charge in [0.15, 0.2) is 0 Å². The largest absolute Gasteiger partial charge is 0.740 e. The summed E-state index contributed by atoms with van der Waals surface area (Å²) >= 11 is 0. The highest BCUT2D eigenvalue weighted by Crippen LogP contribution is 2.24. The van der Waals surface area contributed by atoms with Crippen LogP contribution in [0.15, 0.2) is 24.3 Å². The lowest BCUT2D eigenvalue weighted by atomic mass is 10.1. The quantitative estimate of drug-likeness (QED) is 0.648. The van der Waals surface area contributed by atoms with Crippen LogP contribution in [0.2, 0.25) is 0 Å². The first-order valence-electron chi connectivity index (χ1n) is 5.59. The van der Waals surface area contributed by atoms with Gasteiger partial charge in [0.05, 0.1) is 6.07 Å². The Bertz CT molecular complexity index is 574. The molecule has 0 aliphatic rings. The van der Waals surface area contributed by atoms with Gasteiger partial charge in [0.1, 0.15) is 5.75 Å². The highest BCUT2D eigenvalue weighted by Gasteiger charge is 2.11. The number of nitrogens with zero attached hydrogens (tertiary/aromatic N) is 2. The van der Waals surface area contributed by atoms with E-state index in [9.17, 15) is 5.21 Å². The van der Waals surface area contributed by atoms with Gasteiger partial charge in [0.25, 0.3) is 0 Å². The minimum absolute atomic E-state index is 0.0715. The topological polar surface area (TPSA) is 75.1 Å². The number of benzene rings is 1. The van der Waals surface area contributed by atoms with Gasteiger partial charge in [-0.2, -0.15) is 0 Å². The molecule has 5 nitrogen and oxygen atoms in total. The lowest BCUT2D eigenvalue weighted by molar-refractivity contribution is -0.600. The zero-order chi connectivity index (χ0) is 13.3. The molecule has 0 aliphatic carbocycles. The number of nitrogens with two attached hydrogens (primary N) is 1. The van der Waals surface area contributed by atoms with E-state index in [1.165, 1.54) is 6.07 Å². The van der Waals surface area contributed by atoms with Crippen molar-refractivity contribution < 1.29 is 9.47 Å². The van der Waals surface area contributed by atoms with Crippen LogP contribution >= 0.6 is 0 Å². The standard InChI is InChI=1S/C13H15N3O2/c1-8-4-5-11(9(2)6-8)18-13-7-12(14)16(17)10(3)15-13/h4-7H,14H2,1-3H3. The van der Waals surface area contributed by atoms with E-state index in [4.69, 9.17) is 10.5 Å². The molecule has 5 heteroatoms. The minimum Gasteiger partial charge on any atom is -0.740 e. The lowest BCUT2D eigenvalue weighted by Gasteiger charge is -2.11. The van der Waals surface area contributed by atoms with Crippen LogP contribution in [-0.2, 0) is 0 Å². The van der Waals surface area contributed by atoms with E-state index >= 15 is 0 Å². The number of hydrogen-bond donors (Lipinski definition) is 1. The van der Waals surface area contributed by atoms with E-state index in [2.05, 4.69) is 4.98 Å². The van der Waals surface area contributed by atoms with Crippen molar-refractivity contribution in [3.63, 3.8) is 0 Å². The number of hydrogen-bond acceptors (Lipinski definition) is 4. The molecule has 1 aromatic carbocycles. The summed E-state index contributed by atoms with van der Waals surface area (Å²) in [6, 6.07) is 7.26. The zero-order valence-corrected chi connectivity index (χ0v) is 10.6. The number of anilines is 1. The summed E-state index contributed by atoms with van der Waals surface area (Å²) in [5, 5.41) is 11.4. The number of aromatic nitrogens is 2. The number of rotatable bonds is 2. The Balaban J connectivity index is 2.34. The van der Waals surface area contributed by atoms with Crippen LogP contribution < -0.4 is 15.2 Å². The molecule has 2 rings (SSSR count). The molecular weight excluding hydrogens is 230 g/mol. The predicted octanol–water partition coefficient (Wildman–Crippen LogP) is 2.01. The van der Waals surface area contributed by atoms with E-state index in [0.717, 1.165) is 11.1 Å². The third-order valence-electron chi connectivity index (χ3n) is 2.62. The van der Waals surface area contributed by atoms with Crippen molar-refractivity contribution in [2.24, 2.45) is 0 Å². The summed E-state index contributed by atoms with van der Waals surface area (Å²) in [6.07, 6.45) is 0. The van der Waals surface area contributed by atoms with Gasteiger partial charge in [-0.25, -0.2) is 4.73 Å². The monoisotopic (exact) mass is 245 g/mol. The molecular formula is C13H15N3O2. The molecule has 0 saturated heterocycles. The second-order valence-corrected chi connectivity index (χ2v) is 4.23. The number of ether oxygens (including phenoxy) is 1. The first kappa shape index (κ1) is 12.2. The first-order chi connectivity index (χ1) is 8.47. The molecule has 0 amide bonds. The Kier molecular flexibility index (Phi) is 3.06. The van der Waals surface area contributed by atoms with Crippen molar-refractivity contribution in [2.75, 3.05) is 5.73 Å². The van der Waals surface area contributed by atoms with Gasteiger partial charge in [-0.15, -0.1) is 0 Å². The van der Waals surface area contributed by atoms with Crippen molar-refractivity contribution in [1.82, 2.24) is 4.98 Å². The summed E-state index contributed by atoms with van der Waals surface area (Å²) in [5.74, 6) is 1.36. The van der Waals surface area contributed by atoms with Gasteiger partial charge in [-0.3, -0.25) is 0 Å². The summed E-state index contributed by atoms with van der Waals surface area (Å²) < 4.78 is 6.20. The summed E-state index contributed by atoms with van der Waals surface area (Å²) in [4.78, 5) is 4.04. The van der Waals surface area contributed by atoms with Gasteiger partial charge < -0.3 is 15.7 Å². The summed E-state index contributed by atoms with van der Waals surface area (Å²) in [5.41, 5.74) is 7.74. The highest BCUT2D eigenvalue weighted by atomic mass is 16.5. The lowest BCUT2D eigenvalue weighted by Crippen LogP contribution is -2.35. The van der Waals surface area contributed by atoms with Gasteiger partial charge >= 0.3 is 5.88 Å². The van der Waals surface area contributed by atoms with Crippen molar-refractivity contribution in [3.8, 4) is 11.6 Å². The van der Waals surface area contributed by atoms with Crippen LogP contribution in [0, 0.1) is 26.0 Å². The van der Waals surface area contributed by atoms with Crippen LogP contribution in [0.1, 0.15) is 17.0 Å². The molecule has 2 aromatic rings. The third kappa shape index (κ3) is 2.34. The molecule has 0 saturated carbocycles. The van der Waals surface area contributed by atoms with Crippen LogP contribution in [0.3, 0.4) is 0 Å². The van der Waals surface area contributed by atoms with Gasteiger partial charge in [0.2, 0.25) is 11.6 Å². The van der Waals surface area contributed by atoms with Crippen molar-refractivity contribution in [1.29, 1.82) is 0 Å². The average Bonchev–Trinajstić information content (AvgIpc) is 2.29. The average molecular weight is 245 g/mol. The van der Waals surface area contributed by atoms with Crippen LogP contribution in [0.4, 0.5) is 5.82 Å². The Morgan fingerprint density at radius 1 is 1.22 bits per heavy atom. The van der Waals surface area contributed by atoms with E-state index in [1.54, 1.807) is 6.92 Å². The van der Waals surface area contributed by atoms with E-state index in [1.807, 2.05) is 32.0 Å². The molecule has 0 atom stereocenters. The van der Waals surface area contributed by atoms with E-state index in [0.29, 0.717) is 16.4 Å². The molecule has 18 heavy (non-hydrogen) atoms. The maximum Gasteiger partial charge on any atom is 0.302 e. The maximum atomic E-state index is 11.4. The fourth-order valence-corrected chi connectivity index (χ4v) is 1.69. The molecule has 0 aliphatic heterocycles. The van der Waals surface area contributed by atoms with Crippen molar-refractivity contribution in [3.05, 3.63) is 46.4 Å². The molecule has 0 fully saturated rings. The molecule has 94 valence electrons. The Labute approximate surface area is 105 Å². The van der Waals surface area contributed by atoms with Gasteiger partial charge in [0, 0.05) is 6.92 Å². The number of aryl methyl sites for hydroxylation is 3. The molecule has 0 radical (unpaired) electrons. The second kappa shape index (κ2) is 4.52. The summed E-state index contributed by atoms with van der Waals surface area (Å²) in [6.45, 7) is 5.55. The van der Waals surface area contributed by atoms with Crippen LogP contribution in [-0.4, -0.2) is 4.98 Å². The van der Waals surface area contributed by atoms with E-state index < -0.39 is 0 Å². The zero-order valence-electron chi connectivity index (χ0n) is 10.6. The second-order valence-electron chi connectivity index (χ2n) is 4.23. The molecule has 0 bridgehead atoms. The first-order valence-corrected chi connectivity index (χ1v) is 5.59. The van der Waals surface area contributed by atoms with Crippen molar-refractivity contribution >= 4 is 5.82 Å². The fourth-order valence-electron chi connectivity index (χ4n) is 1.69. The predicted molar refractivity (Wildman–Crippen MR) is 68.3 cm³/mol. The van der Waals surface area contributed by atoms with Gasteiger partial charge in [-0.1, -0.05) is 22.7 Å². The highest BCUT2D eigenvalue weighted by molar-refractivity contribution is 5.39.